The number of rotatable bonds is 3. The van der Waals surface area contributed by atoms with Crippen LogP contribution in [0.5, 0.6) is 0 Å². The number of benzene rings is 1. The molecule has 100 valence electrons. The zero-order valence-electron chi connectivity index (χ0n) is 9.71. The summed E-state index contributed by atoms with van der Waals surface area (Å²) >= 11 is 0. The van der Waals surface area contributed by atoms with Gasteiger partial charge in [0.2, 0.25) is 0 Å². The van der Waals surface area contributed by atoms with Crippen LogP contribution in [0.3, 0.4) is 0 Å². The second kappa shape index (κ2) is 5.34. The van der Waals surface area contributed by atoms with Gasteiger partial charge in [-0.2, -0.15) is 13.2 Å². The highest BCUT2D eigenvalue weighted by molar-refractivity contribution is 5.93. The topological polar surface area (TPSA) is 29.5 Å². The van der Waals surface area contributed by atoms with Crippen LogP contribution in [0, 0.1) is 5.82 Å². The second-order valence-corrected chi connectivity index (χ2v) is 3.39. The third-order valence-electron chi connectivity index (χ3n) is 2.14. The molecular formula is C11H11F4NO2. The zero-order valence-corrected chi connectivity index (χ0v) is 9.71. The van der Waals surface area contributed by atoms with Gasteiger partial charge in [-0.05, 0) is 19.1 Å². The maximum atomic E-state index is 13.6. The molecular weight excluding hydrogens is 254 g/mol. The van der Waals surface area contributed by atoms with Gasteiger partial charge in [0.15, 0.2) is 0 Å². The largest absolute Gasteiger partial charge is 0.419 e. The van der Waals surface area contributed by atoms with Gasteiger partial charge in [0.05, 0.1) is 17.7 Å². The molecule has 18 heavy (non-hydrogen) atoms. The number of carbonyl (C=O) groups excluding carboxylic acids is 1. The summed E-state index contributed by atoms with van der Waals surface area (Å²) in [7, 11) is 1.20. The first-order chi connectivity index (χ1) is 8.29. The summed E-state index contributed by atoms with van der Waals surface area (Å²) in [6.45, 7) is 1.73. The molecule has 0 aliphatic carbocycles. The average Bonchev–Trinajstić information content (AvgIpc) is 2.27. The van der Waals surface area contributed by atoms with E-state index in [2.05, 4.69) is 0 Å². The lowest BCUT2D eigenvalue weighted by Gasteiger charge is -2.17. The number of halogens is 4. The van der Waals surface area contributed by atoms with E-state index in [1.54, 1.807) is 6.92 Å². The lowest BCUT2D eigenvalue weighted by atomic mass is 10.1. The smallest absolute Gasteiger partial charge is 0.271 e. The minimum Gasteiger partial charge on any atom is -0.271 e. The van der Waals surface area contributed by atoms with Crippen molar-refractivity contribution in [2.75, 3.05) is 13.7 Å². The van der Waals surface area contributed by atoms with E-state index in [-0.39, 0.29) is 6.61 Å². The van der Waals surface area contributed by atoms with Gasteiger partial charge in [-0.25, -0.2) is 9.45 Å². The molecule has 0 unspecified atom stereocenters. The quantitative estimate of drug-likeness (QED) is 0.621. The van der Waals surface area contributed by atoms with E-state index in [9.17, 15) is 22.4 Å². The Hall–Kier alpha value is -1.63. The first kappa shape index (κ1) is 14.4. The van der Waals surface area contributed by atoms with Crippen molar-refractivity contribution in [3.05, 3.63) is 35.1 Å². The summed E-state index contributed by atoms with van der Waals surface area (Å²) in [5, 5.41) is 0.693. The van der Waals surface area contributed by atoms with Crippen LogP contribution in [0.2, 0.25) is 0 Å². The molecule has 1 aromatic carbocycles. The Morgan fingerprint density at radius 1 is 1.39 bits per heavy atom. The van der Waals surface area contributed by atoms with Gasteiger partial charge in [0.1, 0.15) is 5.82 Å². The van der Waals surface area contributed by atoms with Crippen LogP contribution in [-0.2, 0) is 11.0 Å². The molecule has 0 heterocycles. The molecule has 0 spiro atoms. The normalized spacial score (nSPS) is 11.4. The van der Waals surface area contributed by atoms with E-state index >= 15 is 0 Å². The number of hydrogen-bond donors (Lipinski definition) is 0. The van der Waals surface area contributed by atoms with E-state index in [0.717, 1.165) is 12.1 Å². The molecule has 0 aliphatic rings. The predicted octanol–water partition coefficient (Wildman–Crippen LogP) is 2.87. The SMILES string of the molecule is CCON(C)C(=O)c1cccc(C(F)(F)F)c1F. The maximum absolute atomic E-state index is 13.6. The zero-order chi connectivity index (χ0) is 13.9. The van der Waals surface area contributed by atoms with Crippen molar-refractivity contribution in [1.29, 1.82) is 0 Å². The molecule has 1 rings (SSSR count). The Bertz CT molecular complexity index is 445. The molecule has 0 radical (unpaired) electrons. The van der Waals surface area contributed by atoms with Crippen LogP contribution in [-0.4, -0.2) is 24.6 Å². The first-order valence-corrected chi connectivity index (χ1v) is 5.05. The molecule has 0 aliphatic heterocycles. The van der Waals surface area contributed by atoms with Crippen molar-refractivity contribution in [3.63, 3.8) is 0 Å². The summed E-state index contributed by atoms with van der Waals surface area (Å²) in [6.07, 6.45) is -4.84. The van der Waals surface area contributed by atoms with E-state index in [1.165, 1.54) is 7.05 Å². The number of nitrogens with zero attached hydrogens (tertiary/aromatic N) is 1. The van der Waals surface area contributed by atoms with E-state index in [0.29, 0.717) is 11.1 Å². The summed E-state index contributed by atoms with van der Waals surface area (Å²) in [6, 6.07) is 2.52. The van der Waals surface area contributed by atoms with Gasteiger partial charge in [0, 0.05) is 7.05 Å². The van der Waals surface area contributed by atoms with Crippen molar-refractivity contribution < 1.29 is 27.2 Å². The second-order valence-electron chi connectivity index (χ2n) is 3.39. The average molecular weight is 265 g/mol. The Morgan fingerprint density at radius 3 is 2.50 bits per heavy atom. The van der Waals surface area contributed by atoms with Gasteiger partial charge in [-0.15, -0.1) is 0 Å². The van der Waals surface area contributed by atoms with Crippen LogP contribution in [0.1, 0.15) is 22.8 Å². The number of amides is 1. The van der Waals surface area contributed by atoms with Gasteiger partial charge in [0.25, 0.3) is 5.91 Å². The fourth-order valence-corrected chi connectivity index (χ4v) is 1.34. The van der Waals surface area contributed by atoms with Gasteiger partial charge >= 0.3 is 6.18 Å². The number of hydroxylamine groups is 2. The van der Waals surface area contributed by atoms with Crippen LogP contribution in [0.15, 0.2) is 18.2 Å². The Morgan fingerprint density at radius 2 is 2.00 bits per heavy atom. The molecule has 0 saturated heterocycles. The molecule has 1 aromatic rings. The lowest BCUT2D eigenvalue weighted by Crippen LogP contribution is -2.28. The molecule has 7 heteroatoms. The third-order valence-corrected chi connectivity index (χ3v) is 2.14. The van der Waals surface area contributed by atoms with Crippen LogP contribution < -0.4 is 0 Å². The summed E-state index contributed by atoms with van der Waals surface area (Å²) in [4.78, 5) is 16.4. The predicted molar refractivity (Wildman–Crippen MR) is 55.1 cm³/mol. The number of carbonyl (C=O) groups is 1. The van der Waals surface area contributed by atoms with Crippen LogP contribution in [0.4, 0.5) is 17.6 Å². The Kier molecular flexibility index (Phi) is 4.28. The summed E-state index contributed by atoms with van der Waals surface area (Å²) in [5.74, 6) is -2.57. The molecule has 1 amide bonds. The molecule has 0 fully saturated rings. The van der Waals surface area contributed by atoms with Crippen molar-refractivity contribution in [3.8, 4) is 0 Å². The van der Waals surface area contributed by atoms with E-state index in [1.807, 2.05) is 0 Å². The van der Waals surface area contributed by atoms with Gasteiger partial charge < -0.3 is 0 Å². The number of hydrogen-bond acceptors (Lipinski definition) is 2. The highest BCUT2D eigenvalue weighted by Crippen LogP contribution is 2.32. The van der Waals surface area contributed by atoms with Crippen molar-refractivity contribution >= 4 is 5.91 Å². The molecule has 0 bridgehead atoms. The summed E-state index contributed by atoms with van der Waals surface area (Å²) < 4.78 is 50.9. The fourth-order valence-electron chi connectivity index (χ4n) is 1.34. The van der Waals surface area contributed by atoms with Crippen molar-refractivity contribution in [2.24, 2.45) is 0 Å². The molecule has 0 atom stereocenters. The first-order valence-electron chi connectivity index (χ1n) is 5.05. The highest BCUT2D eigenvalue weighted by Gasteiger charge is 2.36. The lowest BCUT2D eigenvalue weighted by molar-refractivity contribution is -0.140. The van der Waals surface area contributed by atoms with Crippen molar-refractivity contribution in [2.45, 2.75) is 13.1 Å². The maximum Gasteiger partial charge on any atom is 0.419 e. The van der Waals surface area contributed by atoms with Crippen molar-refractivity contribution in [1.82, 2.24) is 5.06 Å². The molecule has 0 aromatic heterocycles. The van der Waals surface area contributed by atoms with E-state index < -0.39 is 29.0 Å². The third kappa shape index (κ3) is 2.98. The molecule has 0 N–H and O–H groups in total. The van der Waals surface area contributed by atoms with Crippen LogP contribution >= 0.6 is 0 Å². The summed E-state index contributed by atoms with van der Waals surface area (Å²) in [5.41, 5.74) is -2.15. The Balaban J connectivity index is 3.15. The molecule has 0 saturated carbocycles. The Labute approximate surface area is 101 Å². The minimum absolute atomic E-state index is 0.142. The monoisotopic (exact) mass is 265 g/mol. The fraction of sp³-hybridized carbons (Fsp3) is 0.364. The number of alkyl halides is 3. The standard InChI is InChI=1S/C11H11F4NO2/c1-3-18-16(2)10(17)7-5-4-6-8(9(7)12)11(13,14)15/h4-6H,3H2,1-2H3. The highest BCUT2D eigenvalue weighted by atomic mass is 19.4. The minimum atomic E-state index is -4.84. The van der Waals surface area contributed by atoms with E-state index in [4.69, 9.17) is 4.84 Å². The molecule has 3 nitrogen and oxygen atoms in total. The van der Waals surface area contributed by atoms with Crippen LogP contribution in [0.25, 0.3) is 0 Å². The van der Waals surface area contributed by atoms with Gasteiger partial charge in [-0.1, -0.05) is 6.07 Å². The van der Waals surface area contributed by atoms with Gasteiger partial charge in [-0.3, -0.25) is 9.63 Å².